The summed E-state index contributed by atoms with van der Waals surface area (Å²) in [5.74, 6) is 0.869. The molecule has 0 spiro atoms. The van der Waals surface area contributed by atoms with Gasteiger partial charge in [0.25, 0.3) is 0 Å². The lowest BCUT2D eigenvalue weighted by atomic mass is 9.53. The number of hydrogen-bond acceptors (Lipinski definition) is 4. The summed E-state index contributed by atoms with van der Waals surface area (Å²) in [6.07, 6.45) is 7.77. The molecule has 0 unspecified atom stereocenters. The molecule has 4 saturated carbocycles. The maximum atomic E-state index is 12.4. The standard InChI is InChI=1S/C20H31N3O5/c24-16(22-20(17(25)26)2-5-28-6-3-20)1-4-21-18(27)23-19-10-13-7-14(11-19)9-15(8-13)12-19/h13-15H,1-12H2,(H,22,24)(H,25,26)(H2,21,23,27). The lowest BCUT2D eigenvalue weighted by Crippen LogP contribution is -2.61. The first-order valence-electron chi connectivity index (χ1n) is 10.6. The van der Waals surface area contributed by atoms with Crippen LogP contribution in [0, 0.1) is 17.8 Å². The summed E-state index contributed by atoms with van der Waals surface area (Å²) in [7, 11) is 0. The molecule has 4 bridgehead atoms. The van der Waals surface area contributed by atoms with Crippen molar-refractivity contribution < 1.29 is 24.2 Å². The average Bonchev–Trinajstić information content (AvgIpc) is 2.60. The molecule has 0 atom stereocenters. The summed E-state index contributed by atoms with van der Waals surface area (Å²) in [5.41, 5.74) is -1.31. The molecule has 1 heterocycles. The van der Waals surface area contributed by atoms with Gasteiger partial charge in [0.05, 0.1) is 0 Å². The van der Waals surface area contributed by atoms with E-state index in [2.05, 4.69) is 16.0 Å². The minimum Gasteiger partial charge on any atom is -0.480 e. The molecule has 4 N–H and O–H groups in total. The Hall–Kier alpha value is -1.83. The number of aliphatic carboxylic acids is 1. The first kappa shape index (κ1) is 19.5. The Bertz CT molecular complexity index is 608. The quantitative estimate of drug-likeness (QED) is 0.544. The van der Waals surface area contributed by atoms with E-state index >= 15 is 0 Å². The van der Waals surface area contributed by atoms with Crippen LogP contribution in [0.25, 0.3) is 0 Å². The number of hydrogen-bond donors (Lipinski definition) is 4. The Morgan fingerprint density at radius 2 is 1.50 bits per heavy atom. The largest absolute Gasteiger partial charge is 0.480 e. The maximum Gasteiger partial charge on any atom is 0.329 e. The van der Waals surface area contributed by atoms with Crippen molar-refractivity contribution in [2.45, 2.75) is 68.9 Å². The van der Waals surface area contributed by atoms with E-state index in [0.717, 1.165) is 37.0 Å². The van der Waals surface area contributed by atoms with Crippen LogP contribution in [-0.2, 0) is 14.3 Å². The molecule has 5 fully saturated rings. The van der Waals surface area contributed by atoms with Crippen molar-refractivity contribution >= 4 is 17.9 Å². The number of urea groups is 1. The van der Waals surface area contributed by atoms with E-state index < -0.39 is 11.5 Å². The normalized spacial score (nSPS) is 35.2. The van der Waals surface area contributed by atoms with Crippen LogP contribution in [0.2, 0.25) is 0 Å². The van der Waals surface area contributed by atoms with E-state index in [1.165, 1.54) is 19.3 Å². The Labute approximate surface area is 165 Å². The molecule has 8 heteroatoms. The average molecular weight is 393 g/mol. The lowest BCUT2D eigenvalue weighted by molar-refractivity contribution is -0.152. The van der Waals surface area contributed by atoms with Crippen LogP contribution in [-0.4, -0.2) is 53.9 Å². The van der Waals surface area contributed by atoms with E-state index in [4.69, 9.17) is 4.74 Å². The summed E-state index contributed by atoms with van der Waals surface area (Å²) < 4.78 is 5.20. The summed E-state index contributed by atoms with van der Waals surface area (Å²) >= 11 is 0. The van der Waals surface area contributed by atoms with Crippen molar-refractivity contribution in [1.29, 1.82) is 0 Å². The molecule has 5 rings (SSSR count). The molecule has 5 aliphatic rings. The molecule has 8 nitrogen and oxygen atoms in total. The molecule has 28 heavy (non-hydrogen) atoms. The number of carboxylic acids is 1. The van der Waals surface area contributed by atoms with E-state index in [1.54, 1.807) is 0 Å². The van der Waals surface area contributed by atoms with Crippen LogP contribution >= 0.6 is 0 Å². The van der Waals surface area contributed by atoms with Gasteiger partial charge in [-0.2, -0.15) is 0 Å². The van der Waals surface area contributed by atoms with Gasteiger partial charge in [-0.25, -0.2) is 9.59 Å². The number of carbonyl (C=O) groups is 3. The second-order valence-electron chi connectivity index (χ2n) is 9.38. The van der Waals surface area contributed by atoms with Crippen LogP contribution in [0.1, 0.15) is 57.8 Å². The van der Waals surface area contributed by atoms with Crippen molar-refractivity contribution in [1.82, 2.24) is 16.0 Å². The number of rotatable bonds is 6. The van der Waals surface area contributed by atoms with E-state index in [1.807, 2.05) is 0 Å². The van der Waals surface area contributed by atoms with Crippen molar-refractivity contribution in [3.8, 4) is 0 Å². The van der Waals surface area contributed by atoms with E-state index in [-0.39, 0.29) is 43.3 Å². The molecule has 1 saturated heterocycles. The SMILES string of the molecule is O=C(CCNC(=O)NC12CC3CC(CC(C3)C1)C2)NC1(C(=O)O)CCOCC1. The highest BCUT2D eigenvalue weighted by Crippen LogP contribution is 2.55. The number of carbonyl (C=O) groups excluding carboxylic acids is 2. The number of nitrogens with one attached hydrogen (secondary N) is 3. The molecule has 1 aliphatic heterocycles. The molecular formula is C20H31N3O5. The molecule has 4 aliphatic carbocycles. The predicted molar refractivity (Wildman–Crippen MR) is 101 cm³/mol. The zero-order valence-corrected chi connectivity index (χ0v) is 16.3. The fourth-order valence-corrected chi connectivity index (χ4v) is 6.28. The van der Waals surface area contributed by atoms with Crippen LogP contribution in [0.15, 0.2) is 0 Å². The summed E-state index contributed by atoms with van der Waals surface area (Å²) in [4.78, 5) is 36.2. The van der Waals surface area contributed by atoms with Crippen LogP contribution in [0.5, 0.6) is 0 Å². The Morgan fingerprint density at radius 1 is 0.929 bits per heavy atom. The van der Waals surface area contributed by atoms with Gasteiger partial charge < -0.3 is 25.8 Å². The van der Waals surface area contributed by atoms with Crippen molar-refractivity contribution in [3.05, 3.63) is 0 Å². The molecule has 0 aromatic heterocycles. The van der Waals surface area contributed by atoms with Gasteiger partial charge in [0.1, 0.15) is 5.54 Å². The highest BCUT2D eigenvalue weighted by Gasteiger charge is 2.51. The Balaban J connectivity index is 1.22. The second kappa shape index (κ2) is 7.54. The van der Waals surface area contributed by atoms with Gasteiger partial charge in [-0.15, -0.1) is 0 Å². The van der Waals surface area contributed by atoms with Gasteiger partial charge in [0, 0.05) is 44.6 Å². The number of carboxylic acid groups (broad SMARTS) is 1. The third kappa shape index (κ3) is 3.97. The third-order valence-corrected chi connectivity index (χ3v) is 7.19. The highest BCUT2D eigenvalue weighted by atomic mass is 16.5. The zero-order chi connectivity index (χ0) is 19.8. The van der Waals surface area contributed by atoms with Crippen LogP contribution in [0.4, 0.5) is 4.79 Å². The van der Waals surface area contributed by atoms with Crippen molar-refractivity contribution in [2.75, 3.05) is 19.8 Å². The van der Waals surface area contributed by atoms with Gasteiger partial charge >= 0.3 is 12.0 Å². The number of amides is 3. The predicted octanol–water partition coefficient (Wildman–Crippen LogP) is 1.39. The van der Waals surface area contributed by atoms with Gasteiger partial charge in [-0.05, 0) is 56.3 Å². The molecule has 3 amide bonds. The van der Waals surface area contributed by atoms with E-state index in [9.17, 15) is 19.5 Å². The summed E-state index contributed by atoms with van der Waals surface area (Å²) in [6.45, 7) is 0.826. The lowest BCUT2D eigenvalue weighted by Gasteiger charge is -2.56. The van der Waals surface area contributed by atoms with Gasteiger partial charge in [-0.3, -0.25) is 4.79 Å². The first-order chi connectivity index (χ1) is 13.4. The number of ether oxygens (including phenoxy) is 1. The molecule has 0 aromatic rings. The van der Waals surface area contributed by atoms with Gasteiger partial charge in [-0.1, -0.05) is 0 Å². The van der Waals surface area contributed by atoms with E-state index in [0.29, 0.717) is 13.2 Å². The molecule has 0 radical (unpaired) electrons. The van der Waals surface area contributed by atoms with Gasteiger partial charge in [0.15, 0.2) is 0 Å². The minimum absolute atomic E-state index is 0.0590. The first-order valence-corrected chi connectivity index (χ1v) is 10.6. The summed E-state index contributed by atoms with van der Waals surface area (Å²) in [5, 5.41) is 18.1. The smallest absolute Gasteiger partial charge is 0.329 e. The van der Waals surface area contributed by atoms with Crippen molar-refractivity contribution in [3.63, 3.8) is 0 Å². The van der Waals surface area contributed by atoms with Gasteiger partial charge in [0.2, 0.25) is 5.91 Å². The maximum absolute atomic E-state index is 12.4. The Kier molecular flexibility index (Phi) is 5.24. The topological polar surface area (TPSA) is 117 Å². The summed E-state index contributed by atoms with van der Waals surface area (Å²) in [6, 6.07) is -0.214. The fourth-order valence-electron chi connectivity index (χ4n) is 6.28. The molecular weight excluding hydrogens is 362 g/mol. The molecule has 156 valence electrons. The second-order valence-corrected chi connectivity index (χ2v) is 9.38. The Morgan fingerprint density at radius 3 is 2.04 bits per heavy atom. The third-order valence-electron chi connectivity index (χ3n) is 7.19. The fraction of sp³-hybridized carbons (Fsp3) is 0.850. The molecule has 0 aromatic carbocycles. The van der Waals surface area contributed by atoms with Crippen molar-refractivity contribution in [2.24, 2.45) is 17.8 Å². The van der Waals surface area contributed by atoms with Crippen LogP contribution < -0.4 is 16.0 Å². The highest BCUT2D eigenvalue weighted by molar-refractivity contribution is 5.87. The minimum atomic E-state index is -1.25. The monoisotopic (exact) mass is 393 g/mol. The van der Waals surface area contributed by atoms with Crippen LogP contribution in [0.3, 0.4) is 0 Å². The zero-order valence-electron chi connectivity index (χ0n) is 16.3.